The third kappa shape index (κ3) is 17.8. The predicted molar refractivity (Wildman–Crippen MR) is 288 cm³/mol. The molecule has 6 nitrogen and oxygen atoms in total. The minimum atomic E-state index is 0. The van der Waals surface area contributed by atoms with E-state index >= 15 is 0 Å². The summed E-state index contributed by atoms with van der Waals surface area (Å²) in [6.07, 6.45) is 12.1. The zero-order chi connectivity index (χ0) is 47.5. The van der Waals surface area contributed by atoms with Crippen molar-refractivity contribution in [1.82, 2.24) is 0 Å². The van der Waals surface area contributed by atoms with E-state index in [0.717, 1.165) is 72.8 Å². The molecule has 0 N–H and O–H groups in total. The van der Waals surface area contributed by atoms with Crippen LogP contribution in [0.4, 0.5) is 0 Å². The molecule has 68 heavy (non-hydrogen) atoms. The summed E-state index contributed by atoms with van der Waals surface area (Å²) in [6, 6.07) is 20.5. The van der Waals surface area contributed by atoms with Crippen LogP contribution in [0, 0.1) is 13.8 Å². The van der Waals surface area contributed by atoms with E-state index in [1.807, 2.05) is 36.4 Å². The SMILES string of the molecule is CCc1c2c(CC)c3c(CC)c1CN=C(C)/C=C(/C)[N-]Cc1c(CC)c(c(CC)c(c1CC)C[N-]/C(C)=C\C(C)=NC2)CN=C(C)/C=C(/C)[N-]C3.Cc1ccccc1.Cc1ccccc1.[Fe+2].[Fe+2].[Fe+2].[H-].[H-].[H-]. The molecule has 0 spiro atoms. The molecule has 3 aliphatic rings. The van der Waals surface area contributed by atoms with Gasteiger partial charge in [0.05, 0.1) is 19.6 Å². The summed E-state index contributed by atoms with van der Waals surface area (Å²) in [7, 11) is 0. The number of hydrogen-bond acceptors (Lipinski definition) is 3. The van der Waals surface area contributed by atoms with E-state index in [9.17, 15) is 0 Å². The van der Waals surface area contributed by atoms with Crippen molar-refractivity contribution in [3.05, 3.63) is 190 Å². The number of benzene rings is 4. The van der Waals surface area contributed by atoms with Crippen molar-refractivity contribution < 1.29 is 55.5 Å². The minimum absolute atomic E-state index is 0. The molecule has 7 rings (SSSR count). The molecule has 0 atom stereocenters. The first-order valence-corrected chi connectivity index (χ1v) is 24.3. The summed E-state index contributed by atoms with van der Waals surface area (Å²) in [5.74, 6) is 0. The maximum Gasteiger partial charge on any atom is 2.00 e. The Balaban J connectivity index is -0.00000198. The monoisotopic (exact) mass is 1040 g/mol. The van der Waals surface area contributed by atoms with E-state index in [4.69, 9.17) is 30.9 Å². The van der Waals surface area contributed by atoms with Gasteiger partial charge in [0, 0.05) is 17.1 Å². The molecule has 3 aliphatic heterocycles. The summed E-state index contributed by atoms with van der Waals surface area (Å²) in [4.78, 5) is 15.6. The first-order valence-electron chi connectivity index (χ1n) is 24.3. The van der Waals surface area contributed by atoms with Gasteiger partial charge < -0.3 is 20.2 Å². The molecule has 0 aromatic heterocycles. The van der Waals surface area contributed by atoms with Crippen LogP contribution in [0.3, 0.4) is 0 Å². The first kappa shape index (κ1) is 62.1. The standard InChI is InChI=1S/C45H63N6.2C7H8.3Fe.3H/c1-13-34-40-22-46-28(7)19-30(9)49-25-43-37(16-4)44-26-50-31(10)20-29(8)47-23-41(34)36(15-3)42(35(40)14-2)24-48-32(11)21-33(12)51-27-45(38(43)17-5)39(44)18-6;2*1-7-5-3-2-4-6-7;;;;;;/h19-21H,13-18,22-27H2,1-12H3;2*2-6H,1H3;;;;;;/q-3;;;3*+2;3*-1/b28-19-,29-20-,33-21-,48-32?,49-30?,50-31?;;;;;;;;. The smallest absolute Gasteiger partial charge is 1.00 e. The van der Waals surface area contributed by atoms with E-state index in [2.05, 4.69) is 139 Å². The molecule has 0 amide bonds. The van der Waals surface area contributed by atoms with Crippen LogP contribution >= 0.6 is 0 Å². The Hall–Kier alpha value is -3.93. The van der Waals surface area contributed by atoms with Crippen LogP contribution < -0.4 is 0 Å². The fraction of sp³-hybridized carbons (Fsp3) is 0.441. The molecule has 3 heterocycles. The zero-order valence-corrected chi connectivity index (χ0v) is 47.0. The molecular formula is C59H82Fe3N6. The summed E-state index contributed by atoms with van der Waals surface area (Å²) in [5.41, 5.74) is 25.1. The Morgan fingerprint density at radius 1 is 0.353 bits per heavy atom. The van der Waals surface area contributed by atoms with E-state index in [-0.39, 0.29) is 55.5 Å². The van der Waals surface area contributed by atoms with Gasteiger partial charge in [-0.1, -0.05) is 169 Å². The third-order valence-electron chi connectivity index (χ3n) is 12.5. The van der Waals surface area contributed by atoms with Crippen LogP contribution in [0.15, 0.2) is 111 Å². The van der Waals surface area contributed by atoms with Gasteiger partial charge in [0.25, 0.3) is 0 Å². The number of allylic oxidation sites excluding steroid dienone is 6. The molecule has 6 bridgehead atoms. The van der Waals surface area contributed by atoms with Gasteiger partial charge in [-0.15, -0.1) is 19.6 Å². The predicted octanol–water partition coefficient (Wildman–Crippen LogP) is 16.3. The van der Waals surface area contributed by atoms with Crippen LogP contribution in [0.25, 0.3) is 16.0 Å². The van der Waals surface area contributed by atoms with E-state index in [1.54, 1.807) is 0 Å². The molecule has 4 aromatic carbocycles. The van der Waals surface area contributed by atoms with Crippen molar-refractivity contribution in [1.29, 1.82) is 0 Å². The number of rotatable bonds is 6. The van der Waals surface area contributed by atoms with Crippen LogP contribution in [0.1, 0.15) is 165 Å². The van der Waals surface area contributed by atoms with Crippen LogP contribution in [0.5, 0.6) is 0 Å². The molecule has 0 saturated carbocycles. The first-order chi connectivity index (χ1) is 31.3. The van der Waals surface area contributed by atoms with Gasteiger partial charge in [0.15, 0.2) is 0 Å². The Kier molecular flexibility index (Phi) is 29.3. The molecule has 0 unspecified atom stereocenters. The molecule has 0 aliphatic carbocycles. The molecule has 9 heteroatoms. The quantitative estimate of drug-likeness (QED) is 0.173. The maximum absolute atomic E-state index is 5.21. The fourth-order valence-electron chi connectivity index (χ4n) is 9.36. The van der Waals surface area contributed by atoms with E-state index in [0.29, 0.717) is 39.3 Å². The number of aryl methyl sites for hydroxylation is 2. The number of fused-ring (bicyclic) bond motifs is 12. The normalized spacial score (nSPS) is 16.3. The largest absolute Gasteiger partial charge is 2.00 e. The van der Waals surface area contributed by atoms with Gasteiger partial charge in [-0.25, -0.2) is 0 Å². The Bertz CT molecular complexity index is 2270. The van der Waals surface area contributed by atoms with E-state index in [1.165, 1.54) is 77.9 Å². The number of aliphatic imine (C=N–C) groups is 3. The average molecular weight is 1040 g/mol. The summed E-state index contributed by atoms with van der Waals surface area (Å²) >= 11 is 0. The molecule has 0 saturated heterocycles. The minimum Gasteiger partial charge on any atom is -1.00 e. The number of nitrogens with zero attached hydrogens (tertiary/aromatic N) is 6. The van der Waals surface area contributed by atoms with Gasteiger partial charge >= 0.3 is 51.2 Å². The average Bonchev–Trinajstić information content (AvgIpc) is 3.29. The van der Waals surface area contributed by atoms with Crippen molar-refractivity contribution in [2.24, 2.45) is 15.0 Å². The molecule has 372 valence electrons. The summed E-state index contributed by atoms with van der Waals surface area (Å²) in [6.45, 7) is 34.4. The third-order valence-corrected chi connectivity index (χ3v) is 12.5. The van der Waals surface area contributed by atoms with Crippen LogP contribution in [-0.2, 0) is 129 Å². The van der Waals surface area contributed by atoms with Gasteiger partial charge in [0.1, 0.15) is 0 Å². The van der Waals surface area contributed by atoms with Crippen molar-refractivity contribution in [3.63, 3.8) is 0 Å². The van der Waals surface area contributed by atoms with Gasteiger partial charge in [0.2, 0.25) is 0 Å². The van der Waals surface area contributed by atoms with Gasteiger partial charge in [-0.05, 0) is 123 Å². The van der Waals surface area contributed by atoms with Crippen molar-refractivity contribution >= 4 is 17.1 Å². The Morgan fingerprint density at radius 2 is 0.574 bits per heavy atom. The van der Waals surface area contributed by atoms with Crippen molar-refractivity contribution in [2.75, 3.05) is 0 Å². The molecule has 0 radical (unpaired) electrons. The second kappa shape index (κ2) is 32.1. The second-order valence-corrected chi connectivity index (χ2v) is 17.4. The zero-order valence-electron chi connectivity index (χ0n) is 46.7. The fourth-order valence-corrected chi connectivity index (χ4v) is 9.36. The molecule has 0 fully saturated rings. The van der Waals surface area contributed by atoms with Gasteiger partial charge in [-0.3, -0.25) is 15.0 Å². The van der Waals surface area contributed by atoms with Crippen LogP contribution in [0.2, 0.25) is 0 Å². The number of hydrogen-bond donors (Lipinski definition) is 0. The van der Waals surface area contributed by atoms with Crippen molar-refractivity contribution in [2.45, 2.75) is 175 Å². The Labute approximate surface area is 449 Å². The van der Waals surface area contributed by atoms with Crippen molar-refractivity contribution in [3.8, 4) is 0 Å². The summed E-state index contributed by atoms with van der Waals surface area (Å²) in [5, 5.41) is 15.6. The maximum atomic E-state index is 5.21. The second-order valence-electron chi connectivity index (χ2n) is 17.4. The molecular weight excluding hydrogens is 960 g/mol. The van der Waals surface area contributed by atoms with Gasteiger partial charge in [-0.2, -0.15) is 17.1 Å². The molecule has 4 aromatic rings. The van der Waals surface area contributed by atoms with Crippen LogP contribution in [-0.4, -0.2) is 17.1 Å². The summed E-state index contributed by atoms with van der Waals surface area (Å²) < 4.78 is 0. The van der Waals surface area contributed by atoms with E-state index < -0.39 is 0 Å². The topological polar surface area (TPSA) is 79.4 Å². The Morgan fingerprint density at radius 3 is 0.779 bits per heavy atom.